The highest BCUT2D eigenvalue weighted by Crippen LogP contribution is 2.22. The molecule has 7 nitrogen and oxygen atoms in total. The van der Waals surface area contributed by atoms with E-state index in [0.717, 1.165) is 28.4 Å². The first-order valence-electron chi connectivity index (χ1n) is 8.94. The summed E-state index contributed by atoms with van der Waals surface area (Å²) < 4.78 is 0. The number of rotatable bonds is 6. The summed E-state index contributed by atoms with van der Waals surface area (Å²) >= 11 is 0. The monoisotopic (exact) mass is 376 g/mol. The summed E-state index contributed by atoms with van der Waals surface area (Å²) in [7, 11) is 4.01. The lowest BCUT2D eigenvalue weighted by atomic mass is 10.2. The number of hydrogen-bond acceptors (Lipinski definition) is 6. The second kappa shape index (κ2) is 8.39. The van der Waals surface area contributed by atoms with Crippen LogP contribution in [0.3, 0.4) is 0 Å². The summed E-state index contributed by atoms with van der Waals surface area (Å²) in [5.74, 6) is 1.11. The van der Waals surface area contributed by atoms with Crippen molar-refractivity contribution in [3.05, 3.63) is 60.3 Å². The molecule has 3 aromatic rings. The molecule has 144 valence electrons. The van der Waals surface area contributed by atoms with Crippen LogP contribution in [-0.4, -0.2) is 30.0 Å². The third-order valence-corrected chi connectivity index (χ3v) is 3.97. The zero-order valence-electron chi connectivity index (χ0n) is 16.4. The number of amides is 1. The minimum absolute atomic E-state index is 0.0959. The lowest BCUT2D eigenvalue weighted by Crippen LogP contribution is -2.08. The molecule has 0 atom stereocenters. The minimum Gasteiger partial charge on any atom is -0.378 e. The van der Waals surface area contributed by atoms with Crippen LogP contribution in [0.1, 0.15) is 12.6 Å². The Bertz CT molecular complexity index is 952. The number of carbonyl (C=O) groups excluding carboxylic acids is 1. The van der Waals surface area contributed by atoms with Gasteiger partial charge in [0.05, 0.1) is 0 Å². The zero-order chi connectivity index (χ0) is 20.1. The molecule has 0 radical (unpaired) electrons. The number of nitrogens with one attached hydrogen (secondary N) is 3. The number of carbonyl (C=O) groups is 1. The fourth-order valence-electron chi connectivity index (χ4n) is 2.65. The van der Waals surface area contributed by atoms with Crippen molar-refractivity contribution >= 4 is 40.4 Å². The van der Waals surface area contributed by atoms with Gasteiger partial charge in [-0.2, -0.15) is 4.98 Å². The Balaban J connectivity index is 1.73. The molecule has 0 fully saturated rings. The first-order chi connectivity index (χ1) is 13.4. The summed E-state index contributed by atoms with van der Waals surface area (Å²) in [4.78, 5) is 22.2. The molecule has 1 aromatic heterocycles. The Kier molecular flexibility index (Phi) is 5.74. The Morgan fingerprint density at radius 1 is 0.857 bits per heavy atom. The fourth-order valence-corrected chi connectivity index (χ4v) is 2.65. The van der Waals surface area contributed by atoms with Crippen molar-refractivity contribution in [1.82, 2.24) is 9.97 Å². The number of anilines is 6. The topological polar surface area (TPSA) is 82.2 Å². The van der Waals surface area contributed by atoms with Gasteiger partial charge in [0.25, 0.3) is 0 Å². The van der Waals surface area contributed by atoms with Gasteiger partial charge in [0.15, 0.2) is 0 Å². The average molecular weight is 376 g/mol. The van der Waals surface area contributed by atoms with E-state index < -0.39 is 0 Å². The molecule has 0 bridgehead atoms. The van der Waals surface area contributed by atoms with E-state index in [1.807, 2.05) is 80.5 Å². The van der Waals surface area contributed by atoms with E-state index in [1.165, 1.54) is 6.92 Å². The molecule has 2 aromatic carbocycles. The normalized spacial score (nSPS) is 10.3. The Morgan fingerprint density at radius 3 is 2.04 bits per heavy atom. The molecule has 0 unspecified atom stereocenters. The second-order valence-corrected chi connectivity index (χ2v) is 6.67. The van der Waals surface area contributed by atoms with Crippen LogP contribution in [0, 0.1) is 6.92 Å². The van der Waals surface area contributed by atoms with Gasteiger partial charge >= 0.3 is 0 Å². The predicted molar refractivity (Wildman–Crippen MR) is 115 cm³/mol. The number of nitrogens with zero attached hydrogens (tertiary/aromatic N) is 3. The van der Waals surface area contributed by atoms with Gasteiger partial charge in [-0.1, -0.05) is 0 Å². The first-order valence-corrected chi connectivity index (χ1v) is 8.94. The van der Waals surface area contributed by atoms with Gasteiger partial charge < -0.3 is 20.9 Å². The highest BCUT2D eigenvalue weighted by molar-refractivity contribution is 5.88. The maximum absolute atomic E-state index is 11.1. The second-order valence-electron chi connectivity index (χ2n) is 6.67. The van der Waals surface area contributed by atoms with E-state index >= 15 is 0 Å². The minimum atomic E-state index is -0.0959. The fraction of sp³-hybridized carbons (Fsp3) is 0.190. The predicted octanol–water partition coefficient (Wildman–Crippen LogP) is 4.30. The van der Waals surface area contributed by atoms with Crippen molar-refractivity contribution < 1.29 is 4.79 Å². The van der Waals surface area contributed by atoms with Crippen molar-refractivity contribution in [2.24, 2.45) is 0 Å². The molecule has 7 heteroatoms. The highest BCUT2D eigenvalue weighted by atomic mass is 16.1. The van der Waals surface area contributed by atoms with E-state index in [0.29, 0.717) is 11.8 Å². The third-order valence-electron chi connectivity index (χ3n) is 3.97. The van der Waals surface area contributed by atoms with Gasteiger partial charge in [-0.25, -0.2) is 4.98 Å². The number of benzene rings is 2. The van der Waals surface area contributed by atoms with Gasteiger partial charge in [-0.15, -0.1) is 0 Å². The highest BCUT2D eigenvalue weighted by Gasteiger charge is 2.05. The molecular weight excluding hydrogens is 352 g/mol. The van der Waals surface area contributed by atoms with Crippen LogP contribution in [0.5, 0.6) is 0 Å². The molecule has 0 spiro atoms. The van der Waals surface area contributed by atoms with E-state index in [4.69, 9.17) is 0 Å². The van der Waals surface area contributed by atoms with Crippen LogP contribution in [-0.2, 0) is 4.79 Å². The van der Waals surface area contributed by atoms with Gasteiger partial charge in [-0.05, 0) is 55.5 Å². The van der Waals surface area contributed by atoms with Crippen molar-refractivity contribution in [1.29, 1.82) is 0 Å². The van der Waals surface area contributed by atoms with Crippen molar-refractivity contribution in [3.8, 4) is 0 Å². The van der Waals surface area contributed by atoms with E-state index in [1.54, 1.807) is 0 Å². The molecule has 28 heavy (non-hydrogen) atoms. The van der Waals surface area contributed by atoms with Crippen molar-refractivity contribution in [2.75, 3.05) is 34.9 Å². The zero-order valence-corrected chi connectivity index (χ0v) is 16.4. The van der Waals surface area contributed by atoms with E-state index in [-0.39, 0.29) is 5.91 Å². The number of aryl methyl sites for hydroxylation is 1. The summed E-state index contributed by atoms with van der Waals surface area (Å²) in [6.07, 6.45) is 0. The SMILES string of the molecule is CC(=O)Nc1ccc(Nc2cc(C)nc(Nc3ccc(N(C)C)cc3)n2)cc1. The summed E-state index contributed by atoms with van der Waals surface area (Å²) in [6.45, 7) is 3.41. The molecule has 3 N–H and O–H groups in total. The quantitative estimate of drug-likeness (QED) is 0.595. The summed E-state index contributed by atoms with van der Waals surface area (Å²) in [5, 5.41) is 9.25. The Morgan fingerprint density at radius 2 is 1.43 bits per heavy atom. The molecule has 0 aliphatic carbocycles. The maximum atomic E-state index is 11.1. The molecule has 0 aliphatic rings. The van der Waals surface area contributed by atoms with E-state index in [2.05, 4.69) is 25.9 Å². The summed E-state index contributed by atoms with van der Waals surface area (Å²) in [5.41, 5.74) is 4.51. The maximum Gasteiger partial charge on any atom is 0.229 e. The molecule has 0 aliphatic heterocycles. The number of hydrogen-bond donors (Lipinski definition) is 3. The molecular formula is C21H24N6O. The smallest absolute Gasteiger partial charge is 0.229 e. The molecule has 3 rings (SSSR count). The lowest BCUT2D eigenvalue weighted by molar-refractivity contribution is -0.114. The van der Waals surface area contributed by atoms with Crippen LogP contribution in [0.25, 0.3) is 0 Å². The average Bonchev–Trinajstić information content (AvgIpc) is 2.63. The lowest BCUT2D eigenvalue weighted by Gasteiger charge is -2.13. The van der Waals surface area contributed by atoms with Crippen LogP contribution in [0.4, 0.5) is 34.5 Å². The van der Waals surface area contributed by atoms with Gasteiger partial charge in [0, 0.05) is 55.5 Å². The summed E-state index contributed by atoms with van der Waals surface area (Å²) in [6, 6.07) is 17.4. The molecule has 1 amide bonds. The first kappa shape index (κ1) is 19.2. The molecule has 0 saturated heterocycles. The third kappa shape index (κ3) is 5.20. The van der Waals surface area contributed by atoms with Gasteiger partial charge in [0.2, 0.25) is 11.9 Å². The van der Waals surface area contributed by atoms with Gasteiger partial charge in [0.1, 0.15) is 5.82 Å². The van der Waals surface area contributed by atoms with Crippen molar-refractivity contribution in [2.45, 2.75) is 13.8 Å². The van der Waals surface area contributed by atoms with Crippen LogP contribution < -0.4 is 20.9 Å². The van der Waals surface area contributed by atoms with Crippen molar-refractivity contribution in [3.63, 3.8) is 0 Å². The largest absolute Gasteiger partial charge is 0.378 e. The van der Waals surface area contributed by atoms with Crippen LogP contribution >= 0.6 is 0 Å². The molecule has 0 saturated carbocycles. The van der Waals surface area contributed by atoms with Crippen LogP contribution in [0.15, 0.2) is 54.6 Å². The standard InChI is InChI=1S/C21H24N6O/c1-14-13-20(24-17-7-5-16(6-8-17)23-15(2)28)26-21(22-14)25-18-9-11-19(12-10-18)27(3)4/h5-13H,1-4H3,(H,23,28)(H2,22,24,25,26). The van der Waals surface area contributed by atoms with E-state index in [9.17, 15) is 4.79 Å². The number of aromatic nitrogens is 2. The Hall–Kier alpha value is -3.61. The Labute approximate surface area is 164 Å². The van der Waals surface area contributed by atoms with Crippen LogP contribution in [0.2, 0.25) is 0 Å². The van der Waals surface area contributed by atoms with Gasteiger partial charge in [-0.3, -0.25) is 4.79 Å². The molecule has 1 heterocycles.